The SMILES string of the molecule is COc1ccc(CN2C(=O)COc3c(C)cccc3C2C(=O)O)c(OC)c1. The van der Waals surface area contributed by atoms with Gasteiger partial charge in [-0.2, -0.15) is 0 Å². The fourth-order valence-corrected chi connectivity index (χ4v) is 3.23. The number of rotatable bonds is 5. The van der Waals surface area contributed by atoms with Crippen LogP contribution in [0.25, 0.3) is 0 Å². The number of aryl methyl sites for hydroxylation is 1. The van der Waals surface area contributed by atoms with Crippen LogP contribution in [0, 0.1) is 6.92 Å². The van der Waals surface area contributed by atoms with E-state index in [0.29, 0.717) is 28.4 Å². The summed E-state index contributed by atoms with van der Waals surface area (Å²) in [5.41, 5.74) is 1.92. The molecule has 1 aliphatic heterocycles. The smallest absolute Gasteiger partial charge is 0.331 e. The first kappa shape index (κ1) is 18.6. The molecular weight excluding hydrogens is 350 g/mol. The predicted molar refractivity (Wildman–Crippen MR) is 97.1 cm³/mol. The Hall–Kier alpha value is -3.22. The van der Waals surface area contributed by atoms with Crippen molar-refractivity contribution in [1.82, 2.24) is 4.90 Å². The second-order valence-electron chi connectivity index (χ2n) is 6.22. The van der Waals surface area contributed by atoms with Gasteiger partial charge in [-0.25, -0.2) is 4.79 Å². The van der Waals surface area contributed by atoms with E-state index in [-0.39, 0.29) is 13.2 Å². The lowest BCUT2D eigenvalue weighted by atomic mass is 10.0. The molecule has 0 aromatic heterocycles. The maximum atomic E-state index is 12.7. The highest BCUT2D eigenvalue weighted by Crippen LogP contribution is 2.37. The number of aliphatic carboxylic acids is 1. The highest BCUT2D eigenvalue weighted by atomic mass is 16.5. The van der Waals surface area contributed by atoms with Gasteiger partial charge >= 0.3 is 5.97 Å². The highest BCUT2D eigenvalue weighted by Gasteiger charge is 2.37. The number of carbonyl (C=O) groups excluding carboxylic acids is 1. The summed E-state index contributed by atoms with van der Waals surface area (Å²) < 4.78 is 16.2. The second kappa shape index (κ2) is 7.57. The topological polar surface area (TPSA) is 85.3 Å². The first-order valence-corrected chi connectivity index (χ1v) is 8.41. The first-order chi connectivity index (χ1) is 13.0. The van der Waals surface area contributed by atoms with E-state index in [2.05, 4.69) is 0 Å². The molecule has 1 unspecified atom stereocenters. The quantitative estimate of drug-likeness (QED) is 0.869. The van der Waals surface area contributed by atoms with Crippen LogP contribution in [0.4, 0.5) is 0 Å². The average Bonchev–Trinajstić information content (AvgIpc) is 2.80. The minimum Gasteiger partial charge on any atom is -0.497 e. The molecule has 1 N–H and O–H groups in total. The lowest BCUT2D eigenvalue weighted by Gasteiger charge is -2.28. The zero-order valence-electron chi connectivity index (χ0n) is 15.4. The molecule has 0 aliphatic carbocycles. The summed E-state index contributed by atoms with van der Waals surface area (Å²) in [5, 5.41) is 9.88. The molecule has 0 saturated heterocycles. The monoisotopic (exact) mass is 371 g/mol. The van der Waals surface area contributed by atoms with E-state index in [9.17, 15) is 14.7 Å². The lowest BCUT2D eigenvalue weighted by molar-refractivity contribution is -0.151. The zero-order chi connectivity index (χ0) is 19.6. The number of ether oxygens (including phenoxy) is 3. The molecule has 1 atom stereocenters. The van der Waals surface area contributed by atoms with Gasteiger partial charge in [0.1, 0.15) is 17.2 Å². The fourth-order valence-electron chi connectivity index (χ4n) is 3.23. The maximum Gasteiger partial charge on any atom is 0.331 e. The standard InChI is InChI=1S/C20H21NO6/c1-12-5-4-6-15-18(20(23)24)21(17(22)11-27-19(12)15)10-13-7-8-14(25-2)9-16(13)26-3/h4-9,18H,10-11H2,1-3H3,(H,23,24). The van der Waals surface area contributed by atoms with Crippen LogP contribution in [-0.2, 0) is 16.1 Å². The van der Waals surface area contributed by atoms with Crippen LogP contribution in [0.15, 0.2) is 36.4 Å². The number of amides is 1. The average molecular weight is 371 g/mol. The van der Waals surface area contributed by atoms with Crippen molar-refractivity contribution in [3.05, 3.63) is 53.1 Å². The Morgan fingerprint density at radius 3 is 2.70 bits per heavy atom. The molecule has 0 bridgehead atoms. The largest absolute Gasteiger partial charge is 0.497 e. The summed E-state index contributed by atoms with van der Waals surface area (Å²) in [6, 6.07) is 9.30. The molecule has 2 aromatic carbocycles. The molecule has 1 aliphatic rings. The van der Waals surface area contributed by atoms with Crippen LogP contribution in [0.2, 0.25) is 0 Å². The van der Waals surface area contributed by atoms with Crippen molar-refractivity contribution in [3.63, 3.8) is 0 Å². The third-order valence-electron chi connectivity index (χ3n) is 4.58. The van der Waals surface area contributed by atoms with Crippen molar-refractivity contribution >= 4 is 11.9 Å². The van der Waals surface area contributed by atoms with Crippen LogP contribution in [-0.4, -0.2) is 42.7 Å². The Balaban J connectivity index is 2.05. The molecule has 1 amide bonds. The number of fused-ring (bicyclic) bond motifs is 1. The maximum absolute atomic E-state index is 12.7. The Bertz CT molecular complexity index is 879. The van der Waals surface area contributed by atoms with E-state index in [1.807, 2.05) is 13.0 Å². The number of carboxylic acid groups (broad SMARTS) is 1. The van der Waals surface area contributed by atoms with Gasteiger partial charge in [-0.15, -0.1) is 0 Å². The molecule has 27 heavy (non-hydrogen) atoms. The van der Waals surface area contributed by atoms with E-state index in [0.717, 1.165) is 5.56 Å². The number of nitrogens with zero attached hydrogens (tertiary/aromatic N) is 1. The summed E-state index contributed by atoms with van der Waals surface area (Å²) >= 11 is 0. The first-order valence-electron chi connectivity index (χ1n) is 8.41. The summed E-state index contributed by atoms with van der Waals surface area (Å²) in [6.07, 6.45) is 0. The predicted octanol–water partition coefficient (Wildman–Crippen LogP) is 2.56. The van der Waals surface area contributed by atoms with Crippen molar-refractivity contribution in [3.8, 4) is 17.2 Å². The Kier molecular flexibility index (Phi) is 5.21. The van der Waals surface area contributed by atoms with Crippen LogP contribution in [0.5, 0.6) is 17.2 Å². The van der Waals surface area contributed by atoms with E-state index >= 15 is 0 Å². The Morgan fingerprint density at radius 2 is 2.04 bits per heavy atom. The molecule has 0 saturated carbocycles. The summed E-state index contributed by atoms with van der Waals surface area (Å²) in [5.74, 6) is 0.0456. The van der Waals surface area contributed by atoms with Gasteiger partial charge in [0.2, 0.25) is 0 Å². The zero-order valence-corrected chi connectivity index (χ0v) is 15.4. The molecule has 0 radical (unpaired) electrons. The number of para-hydroxylation sites is 1. The minimum atomic E-state index is -1.15. The number of carboxylic acids is 1. The Labute approximate surface area is 157 Å². The molecule has 0 fully saturated rings. The molecule has 7 heteroatoms. The molecule has 0 spiro atoms. The second-order valence-corrected chi connectivity index (χ2v) is 6.22. The van der Waals surface area contributed by atoms with Gasteiger partial charge in [-0.1, -0.05) is 18.2 Å². The van der Waals surface area contributed by atoms with E-state index < -0.39 is 17.9 Å². The van der Waals surface area contributed by atoms with Crippen LogP contribution in [0.1, 0.15) is 22.7 Å². The van der Waals surface area contributed by atoms with Crippen LogP contribution in [0.3, 0.4) is 0 Å². The number of hydrogen-bond acceptors (Lipinski definition) is 5. The van der Waals surface area contributed by atoms with Gasteiger partial charge < -0.3 is 24.2 Å². The van der Waals surface area contributed by atoms with Crippen molar-refractivity contribution in [2.45, 2.75) is 19.5 Å². The summed E-state index contributed by atoms with van der Waals surface area (Å²) in [6.45, 7) is 1.67. The normalized spacial score (nSPS) is 16.2. The van der Waals surface area contributed by atoms with Crippen molar-refractivity contribution in [1.29, 1.82) is 0 Å². The number of benzene rings is 2. The molecular formula is C20H21NO6. The van der Waals surface area contributed by atoms with E-state index in [1.165, 1.54) is 12.0 Å². The highest BCUT2D eigenvalue weighted by molar-refractivity contribution is 5.87. The molecule has 142 valence electrons. The summed E-state index contributed by atoms with van der Waals surface area (Å²) in [7, 11) is 3.06. The van der Waals surface area contributed by atoms with Gasteiger partial charge in [0.05, 0.1) is 20.8 Å². The third kappa shape index (κ3) is 3.53. The molecule has 1 heterocycles. The molecule has 2 aromatic rings. The van der Waals surface area contributed by atoms with Crippen molar-refractivity contribution in [2.75, 3.05) is 20.8 Å². The number of methoxy groups -OCH3 is 2. The lowest BCUT2D eigenvalue weighted by Crippen LogP contribution is -2.39. The van der Waals surface area contributed by atoms with Gasteiger partial charge in [0.25, 0.3) is 5.91 Å². The van der Waals surface area contributed by atoms with Crippen molar-refractivity contribution in [2.24, 2.45) is 0 Å². The van der Waals surface area contributed by atoms with Gasteiger partial charge in [0.15, 0.2) is 12.6 Å². The minimum absolute atomic E-state index is 0.0692. The van der Waals surface area contributed by atoms with Gasteiger partial charge in [-0.05, 0) is 24.6 Å². The van der Waals surface area contributed by atoms with E-state index in [1.54, 1.807) is 37.4 Å². The van der Waals surface area contributed by atoms with Crippen LogP contribution >= 0.6 is 0 Å². The molecule has 3 rings (SSSR count). The Morgan fingerprint density at radius 1 is 1.26 bits per heavy atom. The number of carbonyl (C=O) groups is 2. The fraction of sp³-hybridized carbons (Fsp3) is 0.300. The van der Waals surface area contributed by atoms with Gasteiger partial charge in [-0.3, -0.25) is 4.79 Å². The van der Waals surface area contributed by atoms with Crippen molar-refractivity contribution < 1.29 is 28.9 Å². The van der Waals surface area contributed by atoms with Crippen LogP contribution < -0.4 is 14.2 Å². The molecule has 7 nitrogen and oxygen atoms in total. The number of hydrogen-bond donors (Lipinski definition) is 1. The van der Waals surface area contributed by atoms with E-state index in [4.69, 9.17) is 14.2 Å². The third-order valence-corrected chi connectivity index (χ3v) is 4.58. The van der Waals surface area contributed by atoms with Gasteiger partial charge in [0, 0.05) is 17.2 Å². The summed E-state index contributed by atoms with van der Waals surface area (Å²) in [4.78, 5) is 26.1.